The molecule has 2 amide bonds. The number of carbonyl (C=O) groups is 2. The summed E-state index contributed by atoms with van der Waals surface area (Å²) in [6, 6.07) is 18.4. The van der Waals surface area contributed by atoms with Crippen molar-refractivity contribution in [2.45, 2.75) is 104 Å². The highest BCUT2D eigenvalue weighted by Crippen LogP contribution is 2.47. The summed E-state index contributed by atoms with van der Waals surface area (Å²) in [4.78, 5) is 28.0. The van der Waals surface area contributed by atoms with E-state index >= 15 is 0 Å². The van der Waals surface area contributed by atoms with Crippen molar-refractivity contribution >= 4 is 20.1 Å². The van der Waals surface area contributed by atoms with Gasteiger partial charge in [-0.3, -0.25) is 14.5 Å². The molecule has 0 radical (unpaired) electrons. The zero-order chi connectivity index (χ0) is 30.9. The number of rotatable bonds is 12. The lowest BCUT2D eigenvalue weighted by molar-refractivity contribution is -0.281. The number of amides is 2. The average Bonchev–Trinajstić information content (AvgIpc) is 2.95. The number of aliphatic hydroxyl groups excluding tert-OH is 1. The van der Waals surface area contributed by atoms with Gasteiger partial charge in [0.15, 0.2) is 14.6 Å². The summed E-state index contributed by atoms with van der Waals surface area (Å²) in [7, 11) is -2.54. The molecular weight excluding hydrogens is 550 g/mol. The quantitative estimate of drug-likeness (QED) is 0.202. The van der Waals surface area contributed by atoms with Gasteiger partial charge in [0.1, 0.15) is 29.8 Å². The van der Waals surface area contributed by atoms with Crippen LogP contribution in [0.15, 0.2) is 60.7 Å². The van der Waals surface area contributed by atoms with Crippen molar-refractivity contribution in [2.75, 3.05) is 6.61 Å². The Bertz CT molecular complexity index is 1200. The van der Waals surface area contributed by atoms with E-state index in [2.05, 4.69) is 40.8 Å². The number of hydrogen-bond donors (Lipinski definition) is 1. The van der Waals surface area contributed by atoms with Crippen LogP contribution in [0.3, 0.4) is 0 Å². The van der Waals surface area contributed by atoms with Gasteiger partial charge in [0, 0.05) is 0 Å². The summed E-state index contributed by atoms with van der Waals surface area (Å²) in [6.07, 6.45) is -3.93. The van der Waals surface area contributed by atoms with Crippen LogP contribution in [0.2, 0.25) is 18.1 Å². The Morgan fingerprint density at radius 2 is 1.48 bits per heavy atom. The van der Waals surface area contributed by atoms with E-state index in [9.17, 15) is 14.7 Å². The molecule has 0 aromatic heterocycles. The Balaban J connectivity index is 1.67. The molecule has 0 bridgehead atoms. The minimum Gasteiger partial charge on any atom is -0.391 e. The van der Waals surface area contributed by atoms with Gasteiger partial charge in [-0.25, -0.2) is 0 Å². The lowest BCUT2D eigenvalue weighted by Gasteiger charge is -2.55. The van der Waals surface area contributed by atoms with Gasteiger partial charge in [0.05, 0.1) is 19.8 Å². The molecule has 9 heteroatoms. The molecule has 230 valence electrons. The topological polar surface area (TPSA) is 94.5 Å². The number of imide groups is 1. The van der Waals surface area contributed by atoms with E-state index in [1.807, 2.05) is 60.7 Å². The molecule has 0 aliphatic carbocycles. The molecular formula is C33H47NO7Si. The Morgan fingerprint density at radius 3 is 2.00 bits per heavy atom. The molecule has 0 spiro atoms. The number of ether oxygens (including phenoxy) is 3. The third-order valence-electron chi connectivity index (χ3n) is 9.53. The normalized spacial score (nSPS) is 26.4. The maximum atomic E-state index is 13.4. The Kier molecular flexibility index (Phi) is 9.81. The second-order valence-electron chi connectivity index (χ2n) is 13.4. The van der Waals surface area contributed by atoms with Crippen LogP contribution in [-0.4, -0.2) is 67.4 Å². The zero-order valence-corrected chi connectivity index (χ0v) is 27.2. The fourth-order valence-electron chi connectivity index (χ4n) is 5.38. The highest BCUT2D eigenvalue weighted by molar-refractivity contribution is 6.74. The predicted molar refractivity (Wildman–Crippen MR) is 163 cm³/mol. The highest BCUT2D eigenvalue weighted by atomic mass is 28.4. The first-order chi connectivity index (χ1) is 19.7. The monoisotopic (exact) mass is 597 g/mol. The predicted octanol–water partition coefficient (Wildman–Crippen LogP) is 5.30. The molecule has 42 heavy (non-hydrogen) atoms. The summed E-state index contributed by atoms with van der Waals surface area (Å²) < 4.78 is 25.8. The van der Waals surface area contributed by atoms with Gasteiger partial charge in [-0.2, -0.15) is 0 Å². The van der Waals surface area contributed by atoms with Crippen LogP contribution < -0.4 is 0 Å². The first-order valence-corrected chi connectivity index (χ1v) is 17.8. The van der Waals surface area contributed by atoms with Gasteiger partial charge in [-0.1, -0.05) is 88.4 Å². The first-order valence-electron chi connectivity index (χ1n) is 14.8. The van der Waals surface area contributed by atoms with E-state index < -0.39 is 44.4 Å². The Hall–Kier alpha value is -2.40. The van der Waals surface area contributed by atoms with E-state index in [4.69, 9.17) is 18.6 Å². The molecule has 2 aromatic rings. The van der Waals surface area contributed by atoms with Crippen molar-refractivity contribution in [1.29, 1.82) is 0 Å². The molecule has 2 aliphatic heterocycles. The summed E-state index contributed by atoms with van der Waals surface area (Å²) in [5, 5.41) is 11.5. The number of aliphatic hydroxyl groups is 1. The third-order valence-corrected chi connectivity index (χ3v) is 14.0. The van der Waals surface area contributed by atoms with Gasteiger partial charge >= 0.3 is 0 Å². The molecule has 1 N–H and O–H groups in total. The minimum absolute atomic E-state index is 0.0801. The molecule has 0 unspecified atom stereocenters. The average molecular weight is 598 g/mol. The van der Waals surface area contributed by atoms with E-state index in [0.29, 0.717) is 12.5 Å². The van der Waals surface area contributed by atoms with Crippen molar-refractivity contribution in [1.82, 2.24) is 4.90 Å². The van der Waals surface area contributed by atoms with E-state index in [1.54, 1.807) is 13.8 Å². The lowest BCUT2D eigenvalue weighted by Crippen LogP contribution is -2.76. The molecule has 0 saturated carbocycles. The van der Waals surface area contributed by atoms with Crippen LogP contribution in [-0.2, 0) is 41.4 Å². The smallest absolute Gasteiger partial charge is 0.244 e. The Labute approximate surface area is 251 Å². The van der Waals surface area contributed by atoms with Crippen LogP contribution in [0.1, 0.15) is 52.7 Å². The summed E-state index contributed by atoms with van der Waals surface area (Å²) in [5.74, 6) is -0.360. The highest BCUT2D eigenvalue weighted by Gasteiger charge is 2.63. The second kappa shape index (κ2) is 12.7. The van der Waals surface area contributed by atoms with E-state index in [0.717, 1.165) is 11.1 Å². The van der Waals surface area contributed by atoms with Crippen molar-refractivity contribution in [3.05, 3.63) is 71.8 Å². The van der Waals surface area contributed by atoms with Crippen LogP contribution in [0, 0.1) is 11.3 Å². The van der Waals surface area contributed by atoms with Crippen molar-refractivity contribution in [3.63, 3.8) is 0 Å². The summed E-state index contributed by atoms with van der Waals surface area (Å²) >= 11 is 0. The summed E-state index contributed by atoms with van der Waals surface area (Å²) in [6.45, 7) is 16.8. The number of hydrogen-bond acceptors (Lipinski definition) is 7. The van der Waals surface area contributed by atoms with Crippen molar-refractivity contribution in [2.24, 2.45) is 11.3 Å². The lowest BCUT2D eigenvalue weighted by atomic mass is 9.78. The summed E-state index contributed by atoms with van der Waals surface area (Å²) in [5.41, 5.74) is 0.748. The molecule has 8 nitrogen and oxygen atoms in total. The van der Waals surface area contributed by atoms with Crippen molar-refractivity contribution in [3.8, 4) is 0 Å². The molecule has 2 heterocycles. The maximum absolute atomic E-state index is 13.4. The third kappa shape index (κ3) is 6.42. The SMILES string of the molecule is CC(C)C(C)(C)[Si](C)(C)O[C@@H]1O[C@H](COCc2ccccc2)[C@@H](O)[C@H](OCc2ccccc2)[C@H]1N1C(=O)C(C)(C)C1=O. The number of likely N-dealkylation sites (tertiary alicyclic amines) is 1. The van der Waals surface area contributed by atoms with Gasteiger partial charge in [-0.05, 0) is 49.0 Å². The first kappa shape index (κ1) is 32.5. The van der Waals surface area contributed by atoms with Crippen LogP contribution in [0.25, 0.3) is 0 Å². The standard InChI is InChI=1S/C33H47NO7Si/c1-22(2)33(5,6)42(7,8)41-29-26(34-30(36)32(3,4)31(34)37)28(39-20-24-17-13-10-14-18-24)27(35)25(40-29)21-38-19-23-15-11-9-12-16-23/h9-18,22,25-29,35H,19-21H2,1-8H3/t25-,26-,27-,28-,29+/m1/s1. The molecule has 2 aromatic carbocycles. The van der Waals surface area contributed by atoms with Gasteiger partial charge in [-0.15, -0.1) is 0 Å². The van der Waals surface area contributed by atoms with Crippen LogP contribution in [0.5, 0.6) is 0 Å². The van der Waals surface area contributed by atoms with Crippen LogP contribution in [0.4, 0.5) is 0 Å². The molecule has 5 atom stereocenters. The largest absolute Gasteiger partial charge is 0.391 e. The molecule has 2 saturated heterocycles. The number of carbonyl (C=O) groups excluding carboxylic acids is 2. The molecule has 2 aliphatic rings. The Morgan fingerprint density at radius 1 is 0.952 bits per heavy atom. The fraction of sp³-hybridized carbons (Fsp3) is 0.576. The van der Waals surface area contributed by atoms with Gasteiger partial charge in [0.2, 0.25) is 11.8 Å². The zero-order valence-electron chi connectivity index (χ0n) is 26.2. The minimum atomic E-state index is -2.54. The maximum Gasteiger partial charge on any atom is 0.244 e. The van der Waals surface area contributed by atoms with Crippen LogP contribution >= 0.6 is 0 Å². The molecule has 4 rings (SSSR count). The van der Waals surface area contributed by atoms with Gasteiger partial charge in [0.25, 0.3) is 0 Å². The second-order valence-corrected chi connectivity index (χ2v) is 17.9. The number of β-lactam (4-membered cyclic amide) rings is 2. The fourth-order valence-corrected chi connectivity index (χ4v) is 7.85. The number of nitrogens with zero attached hydrogens (tertiary/aromatic N) is 1. The number of benzene rings is 2. The van der Waals surface area contributed by atoms with E-state index in [1.165, 1.54) is 4.90 Å². The van der Waals surface area contributed by atoms with E-state index in [-0.39, 0.29) is 30.1 Å². The molecule has 2 fully saturated rings. The van der Waals surface area contributed by atoms with Gasteiger partial charge < -0.3 is 23.7 Å². The van der Waals surface area contributed by atoms with Crippen molar-refractivity contribution < 1.29 is 33.3 Å².